The lowest BCUT2D eigenvalue weighted by Crippen LogP contribution is -2.22. The monoisotopic (exact) mass is 266 g/mol. The number of nitrogens with one attached hydrogen (secondary N) is 1. The van der Waals surface area contributed by atoms with Gasteiger partial charge >= 0.3 is 0 Å². The average Bonchev–Trinajstić information content (AvgIpc) is 2.87. The summed E-state index contributed by atoms with van der Waals surface area (Å²) in [7, 11) is 0. The number of hydrogen-bond acceptors (Lipinski definition) is 4. The molecule has 2 unspecified atom stereocenters. The summed E-state index contributed by atoms with van der Waals surface area (Å²) in [6.45, 7) is 8.60. The molecule has 0 spiro atoms. The second kappa shape index (κ2) is 5.29. The zero-order valence-electron chi connectivity index (χ0n) is 10.7. The van der Waals surface area contributed by atoms with Gasteiger partial charge in [0, 0.05) is 17.0 Å². The average molecular weight is 266 g/mol. The van der Waals surface area contributed by atoms with E-state index in [0.717, 1.165) is 5.01 Å². The number of aryl methyl sites for hydroxylation is 2. The first-order valence-corrected chi connectivity index (χ1v) is 7.56. The van der Waals surface area contributed by atoms with Crippen LogP contribution in [0.1, 0.15) is 47.1 Å². The molecule has 1 N–H and O–H groups in total. The van der Waals surface area contributed by atoms with Gasteiger partial charge in [-0.2, -0.15) is 11.3 Å². The largest absolute Gasteiger partial charge is 0.302 e. The minimum Gasteiger partial charge on any atom is -0.302 e. The van der Waals surface area contributed by atoms with Crippen LogP contribution in [-0.4, -0.2) is 4.98 Å². The minimum absolute atomic E-state index is 0.301. The molecule has 0 saturated carbocycles. The Labute approximate surface area is 111 Å². The molecule has 2 heterocycles. The van der Waals surface area contributed by atoms with Crippen LogP contribution in [0.4, 0.5) is 0 Å². The third-order valence-corrected chi connectivity index (χ3v) is 4.50. The lowest BCUT2D eigenvalue weighted by Gasteiger charge is -2.18. The van der Waals surface area contributed by atoms with Gasteiger partial charge in [0.25, 0.3) is 0 Å². The van der Waals surface area contributed by atoms with Crippen LogP contribution in [0.3, 0.4) is 0 Å². The van der Waals surface area contributed by atoms with E-state index in [1.165, 1.54) is 16.1 Å². The van der Waals surface area contributed by atoms with E-state index in [1.807, 2.05) is 0 Å². The molecule has 2 nitrogen and oxygen atoms in total. The summed E-state index contributed by atoms with van der Waals surface area (Å²) in [6.07, 6.45) is 0. The molecule has 0 aliphatic heterocycles. The highest BCUT2D eigenvalue weighted by atomic mass is 32.1. The Bertz CT molecular complexity index is 474. The number of nitrogens with zero attached hydrogens (tertiary/aromatic N) is 1. The van der Waals surface area contributed by atoms with Crippen LogP contribution in [0, 0.1) is 13.8 Å². The second-order valence-electron chi connectivity index (χ2n) is 4.34. The number of thiophene rings is 1. The first-order valence-electron chi connectivity index (χ1n) is 5.80. The van der Waals surface area contributed by atoms with Crippen LogP contribution >= 0.6 is 22.7 Å². The quantitative estimate of drug-likeness (QED) is 0.895. The molecule has 2 aromatic rings. The van der Waals surface area contributed by atoms with Crippen LogP contribution in [0.15, 0.2) is 16.8 Å². The molecule has 0 amide bonds. The zero-order chi connectivity index (χ0) is 12.4. The highest BCUT2D eigenvalue weighted by Gasteiger charge is 2.16. The predicted molar refractivity (Wildman–Crippen MR) is 75.9 cm³/mol. The summed E-state index contributed by atoms with van der Waals surface area (Å²) in [5.74, 6) is 0. The number of thiazole rings is 1. The van der Waals surface area contributed by atoms with E-state index in [1.54, 1.807) is 22.7 Å². The van der Waals surface area contributed by atoms with Gasteiger partial charge in [-0.3, -0.25) is 0 Å². The summed E-state index contributed by atoms with van der Waals surface area (Å²) in [6, 6.07) is 2.85. The molecule has 4 heteroatoms. The first kappa shape index (κ1) is 12.7. The third-order valence-electron chi connectivity index (χ3n) is 2.89. The molecule has 0 aliphatic carbocycles. The molecule has 2 aromatic heterocycles. The third kappa shape index (κ3) is 2.94. The molecule has 92 valence electrons. The Kier molecular flexibility index (Phi) is 3.97. The van der Waals surface area contributed by atoms with Crippen molar-refractivity contribution in [1.82, 2.24) is 10.3 Å². The molecule has 0 radical (unpaired) electrons. The van der Waals surface area contributed by atoms with Gasteiger partial charge in [0.1, 0.15) is 0 Å². The predicted octanol–water partition coefficient (Wildman–Crippen LogP) is 4.23. The highest BCUT2D eigenvalue weighted by molar-refractivity contribution is 7.11. The van der Waals surface area contributed by atoms with Crippen molar-refractivity contribution in [3.8, 4) is 0 Å². The Morgan fingerprint density at radius 3 is 2.53 bits per heavy atom. The van der Waals surface area contributed by atoms with Gasteiger partial charge in [-0.15, -0.1) is 11.3 Å². The Hall–Kier alpha value is -0.710. The number of rotatable bonds is 4. The van der Waals surface area contributed by atoms with Crippen molar-refractivity contribution < 1.29 is 0 Å². The van der Waals surface area contributed by atoms with E-state index < -0.39 is 0 Å². The summed E-state index contributed by atoms with van der Waals surface area (Å²) >= 11 is 3.52. The van der Waals surface area contributed by atoms with E-state index in [0.29, 0.717) is 12.1 Å². The summed E-state index contributed by atoms with van der Waals surface area (Å²) in [4.78, 5) is 5.92. The molecule has 0 bridgehead atoms. The maximum atomic E-state index is 4.60. The van der Waals surface area contributed by atoms with Gasteiger partial charge in [0.15, 0.2) is 0 Å². The van der Waals surface area contributed by atoms with Gasteiger partial charge in [-0.1, -0.05) is 0 Å². The standard InChI is InChI=1S/C13H18N2S2/c1-8(12-5-6-16-7-12)14-9(2)13-10(3)17-11(4)15-13/h5-9,14H,1-4H3. The zero-order valence-corrected chi connectivity index (χ0v) is 12.3. The Morgan fingerprint density at radius 2 is 2.00 bits per heavy atom. The fraction of sp³-hybridized carbons (Fsp3) is 0.462. The van der Waals surface area contributed by atoms with Gasteiger partial charge in [-0.25, -0.2) is 4.98 Å². The summed E-state index contributed by atoms with van der Waals surface area (Å²) in [5.41, 5.74) is 2.54. The van der Waals surface area contributed by atoms with Crippen LogP contribution in [-0.2, 0) is 0 Å². The van der Waals surface area contributed by atoms with Crippen LogP contribution in [0.5, 0.6) is 0 Å². The maximum absolute atomic E-state index is 4.60. The molecule has 0 aliphatic rings. The summed E-state index contributed by atoms with van der Waals surface area (Å²) < 4.78 is 0. The molecular formula is C13H18N2S2. The van der Waals surface area contributed by atoms with Gasteiger partial charge in [0.05, 0.1) is 10.7 Å². The number of aromatic nitrogens is 1. The maximum Gasteiger partial charge on any atom is 0.0900 e. The summed E-state index contributed by atoms with van der Waals surface area (Å²) in [5, 5.41) is 9.07. The van der Waals surface area contributed by atoms with E-state index in [2.05, 4.69) is 54.8 Å². The molecule has 17 heavy (non-hydrogen) atoms. The van der Waals surface area contributed by atoms with Crippen molar-refractivity contribution in [1.29, 1.82) is 0 Å². The Morgan fingerprint density at radius 1 is 1.24 bits per heavy atom. The van der Waals surface area contributed by atoms with Crippen LogP contribution in [0.25, 0.3) is 0 Å². The molecule has 2 atom stereocenters. The van der Waals surface area contributed by atoms with Gasteiger partial charge in [-0.05, 0) is 50.1 Å². The molecule has 0 saturated heterocycles. The number of hydrogen-bond donors (Lipinski definition) is 1. The fourth-order valence-electron chi connectivity index (χ4n) is 2.02. The van der Waals surface area contributed by atoms with E-state index in [-0.39, 0.29) is 0 Å². The minimum atomic E-state index is 0.301. The van der Waals surface area contributed by atoms with Crippen molar-refractivity contribution >= 4 is 22.7 Å². The van der Waals surface area contributed by atoms with Gasteiger partial charge < -0.3 is 5.32 Å². The molecule has 0 fully saturated rings. The van der Waals surface area contributed by atoms with Crippen molar-refractivity contribution in [3.63, 3.8) is 0 Å². The normalized spacial score (nSPS) is 14.8. The van der Waals surface area contributed by atoms with Crippen molar-refractivity contribution in [2.24, 2.45) is 0 Å². The Balaban J connectivity index is 2.06. The van der Waals surface area contributed by atoms with E-state index in [4.69, 9.17) is 0 Å². The van der Waals surface area contributed by atoms with Gasteiger partial charge in [0.2, 0.25) is 0 Å². The highest BCUT2D eigenvalue weighted by Crippen LogP contribution is 2.25. The second-order valence-corrected chi connectivity index (χ2v) is 6.53. The van der Waals surface area contributed by atoms with Crippen molar-refractivity contribution in [2.45, 2.75) is 39.8 Å². The van der Waals surface area contributed by atoms with E-state index >= 15 is 0 Å². The van der Waals surface area contributed by atoms with Crippen molar-refractivity contribution in [2.75, 3.05) is 0 Å². The lowest BCUT2D eigenvalue weighted by atomic mass is 10.1. The molecular weight excluding hydrogens is 248 g/mol. The lowest BCUT2D eigenvalue weighted by molar-refractivity contribution is 0.487. The topological polar surface area (TPSA) is 24.9 Å². The van der Waals surface area contributed by atoms with Crippen LogP contribution in [0.2, 0.25) is 0 Å². The van der Waals surface area contributed by atoms with Crippen molar-refractivity contribution in [3.05, 3.63) is 38.0 Å². The fourth-order valence-corrected chi connectivity index (χ4v) is 3.69. The van der Waals surface area contributed by atoms with E-state index in [9.17, 15) is 0 Å². The molecule has 2 rings (SSSR count). The first-order chi connectivity index (χ1) is 8.08. The molecule has 0 aromatic carbocycles. The SMILES string of the molecule is Cc1nc(C(C)NC(C)c2ccsc2)c(C)s1. The van der Waals surface area contributed by atoms with Crippen LogP contribution < -0.4 is 5.32 Å². The smallest absolute Gasteiger partial charge is 0.0900 e.